The Balaban J connectivity index is 1.92. The SMILES string of the molecule is CC(=O)N1C[C@H]2CN(S(=O)(=O)N(C)C(C)C)C[C@H]2[C@@H]1c1ccccc1C. The van der Waals surface area contributed by atoms with E-state index in [1.807, 2.05) is 30.9 Å². The molecule has 2 aliphatic heterocycles. The van der Waals surface area contributed by atoms with Crippen LogP contribution in [0, 0.1) is 18.8 Å². The molecule has 2 heterocycles. The van der Waals surface area contributed by atoms with E-state index in [9.17, 15) is 13.2 Å². The van der Waals surface area contributed by atoms with Crippen LogP contribution >= 0.6 is 0 Å². The molecule has 0 spiro atoms. The van der Waals surface area contributed by atoms with Gasteiger partial charge in [0.2, 0.25) is 5.91 Å². The second-order valence-corrected chi connectivity index (χ2v) is 9.82. The van der Waals surface area contributed by atoms with Gasteiger partial charge in [-0.15, -0.1) is 0 Å². The van der Waals surface area contributed by atoms with Crippen molar-refractivity contribution in [1.82, 2.24) is 13.5 Å². The van der Waals surface area contributed by atoms with Crippen molar-refractivity contribution < 1.29 is 13.2 Å². The van der Waals surface area contributed by atoms with E-state index in [0.29, 0.717) is 19.6 Å². The summed E-state index contributed by atoms with van der Waals surface area (Å²) in [7, 11) is -1.84. The fourth-order valence-electron chi connectivity index (χ4n) is 4.28. The summed E-state index contributed by atoms with van der Waals surface area (Å²) in [6.07, 6.45) is 0. The van der Waals surface area contributed by atoms with Crippen LogP contribution in [0.3, 0.4) is 0 Å². The first kappa shape index (κ1) is 19.3. The molecule has 6 nitrogen and oxygen atoms in total. The van der Waals surface area contributed by atoms with E-state index in [0.717, 1.165) is 11.1 Å². The molecule has 7 heteroatoms. The maximum Gasteiger partial charge on any atom is 0.281 e. The van der Waals surface area contributed by atoms with E-state index < -0.39 is 10.2 Å². The number of benzene rings is 1. The highest BCUT2D eigenvalue weighted by Gasteiger charge is 2.51. The molecule has 0 saturated carbocycles. The molecule has 2 aliphatic rings. The molecule has 3 rings (SSSR count). The minimum atomic E-state index is -3.47. The molecule has 2 fully saturated rings. The standard InChI is InChI=1S/C19H29N3O3S/c1-13(2)20(5)26(24,25)21-10-16-11-22(15(4)23)19(18(16)12-21)17-9-7-6-8-14(17)3/h6-9,13,16,18-19H,10-12H2,1-5H3/t16-,18-,19+/m1/s1. The van der Waals surface area contributed by atoms with E-state index in [4.69, 9.17) is 0 Å². The number of amides is 1. The summed E-state index contributed by atoms with van der Waals surface area (Å²) in [5.41, 5.74) is 2.27. The van der Waals surface area contributed by atoms with Gasteiger partial charge in [0.1, 0.15) is 0 Å². The van der Waals surface area contributed by atoms with Crippen LogP contribution in [-0.2, 0) is 15.0 Å². The van der Waals surface area contributed by atoms with Crippen molar-refractivity contribution in [3.8, 4) is 0 Å². The quantitative estimate of drug-likeness (QED) is 0.804. The third-order valence-electron chi connectivity index (χ3n) is 5.96. The highest BCUT2D eigenvalue weighted by molar-refractivity contribution is 7.86. The van der Waals surface area contributed by atoms with E-state index in [2.05, 4.69) is 19.1 Å². The molecule has 0 unspecified atom stereocenters. The minimum absolute atomic E-state index is 0.0525. The predicted octanol–water partition coefficient (Wildman–Crippen LogP) is 2.03. The zero-order valence-electron chi connectivity index (χ0n) is 16.2. The van der Waals surface area contributed by atoms with Gasteiger partial charge in [-0.2, -0.15) is 17.0 Å². The van der Waals surface area contributed by atoms with E-state index >= 15 is 0 Å². The Kier molecular flexibility index (Phi) is 5.16. The van der Waals surface area contributed by atoms with Crippen molar-refractivity contribution in [3.05, 3.63) is 35.4 Å². The second-order valence-electron chi connectivity index (χ2n) is 7.83. The molecule has 1 aromatic carbocycles. The topological polar surface area (TPSA) is 60.9 Å². The van der Waals surface area contributed by atoms with Gasteiger partial charge in [-0.05, 0) is 37.8 Å². The first-order chi connectivity index (χ1) is 12.1. The van der Waals surface area contributed by atoms with Gasteiger partial charge in [-0.25, -0.2) is 0 Å². The zero-order valence-corrected chi connectivity index (χ0v) is 17.0. The van der Waals surface area contributed by atoms with Crippen LogP contribution in [0.15, 0.2) is 24.3 Å². The van der Waals surface area contributed by atoms with E-state index in [-0.39, 0.29) is 29.8 Å². The van der Waals surface area contributed by atoms with Crippen molar-refractivity contribution in [3.63, 3.8) is 0 Å². The average molecular weight is 380 g/mol. The number of likely N-dealkylation sites (tertiary alicyclic amines) is 1. The zero-order chi connectivity index (χ0) is 19.2. The maximum atomic E-state index is 12.9. The highest BCUT2D eigenvalue weighted by atomic mass is 32.2. The number of hydrogen-bond donors (Lipinski definition) is 0. The predicted molar refractivity (Wildman–Crippen MR) is 102 cm³/mol. The Morgan fingerprint density at radius 2 is 1.85 bits per heavy atom. The Bertz CT molecular complexity index is 793. The van der Waals surface area contributed by atoms with Gasteiger partial charge in [0.05, 0.1) is 6.04 Å². The van der Waals surface area contributed by atoms with E-state index in [1.54, 1.807) is 18.3 Å². The molecular formula is C19H29N3O3S. The average Bonchev–Trinajstić information content (AvgIpc) is 3.13. The molecule has 2 saturated heterocycles. The summed E-state index contributed by atoms with van der Waals surface area (Å²) < 4.78 is 28.8. The van der Waals surface area contributed by atoms with Crippen molar-refractivity contribution in [2.75, 3.05) is 26.7 Å². The number of carbonyl (C=O) groups excluding carboxylic acids is 1. The molecule has 0 radical (unpaired) electrons. The summed E-state index contributed by atoms with van der Waals surface area (Å²) in [6, 6.07) is 7.97. The van der Waals surface area contributed by atoms with Crippen LogP contribution in [0.1, 0.15) is 37.9 Å². The smallest absolute Gasteiger partial charge is 0.281 e. The van der Waals surface area contributed by atoms with Crippen LogP contribution in [0.5, 0.6) is 0 Å². The Morgan fingerprint density at radius 3 is 2.42 bits per heavy atom. The first-order valence-electron chi connectivity index (χ1n) is 9.20. The second kappa shape index (κ2) is 6.94. The van der Waals surface area contributed by atoms with Crippen molar-refractivity contribution in [2.45, 2.75) is 39.8 Å². The summed E-state index contributed by atoms with van der Waals surface area (Å²) in [6.45, 7) is 8.98. The lowest BCUT2D eigenvalue weighted by molar-refractivity contribution is -0.130. The summed E-state index contributed by atoms with van der Waals surface area (Å²) in [5, 5.41) is 0. The molecule has 1 aromatic rings. The summed E-state index contributed by atoms with van der Waals surface area (Å²) in [5.74, 6) is 0.371. The number of carbonyl (C=O) groups is 1. The van der Waals surface area contributed by atoms with Gasteiger partial charge < -0.3 is 4.90 Å². The molecule has 0 N–H and O–H groups in total. The molecule has 3 atom stereocenters. The number of rotatable bonds is 4. The molecule has 26 heavy (non-hydrogen) atoms. The van der Waals surface area contributed by atoms with Crippen molar-refractivity contribution in [2.24, 2.45) is 11.8 Å². The summed E-state index contributed by atoms with van der Waals surface area (Å²) in [4.78, 5) is 14.2. The number of aryl methyl sites for hydroxylation is 1. The highest BCUT2D eigenvalue weighted by Crippen LogP contribution is 2.46. The van der Waals surface area contributed by atoms with E-state index in [1.165, 1.54) is 4.31 Å². The largest absolute Gasteiger partial charge is 0.335 e. The van der Waals surface area contributed by atoms with Crippen LogP contribution in [0.4, 0.5) is 0 Å². The fraction of sp³-hybridized carbons (Fsp3) is 0.632. The lowest BCUT2D eigenvalue weighted by Gasteiger charge is -2.31. The molecule has 1 amide bonds. The van der Waals surface area contributed by atoms with Crippen LogP contribution < -0.4 is 0 Å². The molecule has 0 aromatic heterocycles. The van der Waals surface area contributed by atoms with Gasteiger partial charge in [0.15, 0.2) is 0 Å². The van der Waals surface area contributed by atoms with Gasteiger partial charge in [-0.3, -0.25) is 4.79 Å². The molecule has 0 bridgehead atoms. The molecule has 0 aliphatic carbocycles. The molecular weight excluding hydrogens is 350 g/mol. The minimum Gasteiger partial charge on any atom is -0.335 e. The third-order valence-corrected chi connectivity index (χ3v) is 8.06. The number of fused-ring (bicyclic) bond motifs is 1. The van der Waals surface area contributed by atoms with Gasteiger partial charge in [0, 0.05) is 45.6 Å². The summed E-state index contributed by atoms with van der Waals surface area (Å²) >= 11 is 0. The van der Waals surface area contributed by atoms with Gasteiger partial charge >= 0.3 is 0 Å². The first-order valence-corrected chi connectivity index (χ1v) is 10.6. The van der Waals surface area contributed by atoms with Crippen molar-refractivity contribution in [1.29, 1.82) is 0 Å². The molecule has 144 valence electrons. The van der Waals surface area contributed by atoms with Gasteiger partial charge in [0.25, 0.3) is 10.2 Å². The Hall–Kier alpha value is -1.44. The Labute approximate surface area is 157 Å². The van der Waals surface area contributed by atoms with Crippen LogP contribution in [0.25, 0.3) is 0 Å². The van der Waals surface area contributed by atoms with Crippen LogP contribution in [0.2, 0.25) is 0 Å². The lowest BCUT2D eigenvalue weighted by atomic mass is 9.87. The van der Waals surface area contributed by atoms with Crippen molar-refractivity contribution >= 4 is 16.1 Å². The monoisotopic (exact) mass is 379 g/mol. The number of hydrogen-bond acceptors (Lipinski definition) is 3. The van der Waals surface area contributed by atoms with Gasteiger partial charge in [-0.1, -0.05) is 24.3 Å². The lowest BCUT2D eigenvalue weighted by Crippen LogP contribution is -2.45. The normalized spacial score (nSPS) is 26.7. The maximum absolute atomic E-state index is 12.9. The number of nitrogens with zero attached hydrogens (tertiary/aromatic N) is 3. The Morgan fingerprint density at radius 1 is 1.19 bits per heavy atom. The van der Waals surface area contributed by atoms with Crippen LogP contribution in [-0.4, -0.2) is 60.6 Å². The third kappa shape index (κ3) is 3.17. The fourth-order valence-corrected chi connectivity index (χ4v) is 5.92.